The first-order valence-corrected chi connectivity index (χ1v) is 6.88. The van der Waals surface area contributed by atoms with Crippen molar-refractivity contribution in [3.63, 3.8) is 0 Å². The van der Waals surface area contributed by atoms with Gasteiger partial charge in [0.1, 0.15) is 11.5 Å². The molecule has 0 unspecified atom stereocenters. The number of rotatable bonds is 7. The van der Waals surface area contributed by atoms with Gasteiger partial charge in [0.2, 0.25) is 0 Å². The largest absolute Gasteiger partial charge is 0.497 e. The van der Waals surface area contributed by atoms with Crippen LogP contribution in [0.3, 0.4) is 0 Å². The number of hydrogen-bond acceptors (Lipinski definition) is 4. The molecule has 0 aromatic heterocycles. The maximum atomic E-state index is 5.64. The summed E-state index contributed by atoms with van der Waals surface area (Å²) in [5.41, 5.74) is 0. The highest BCUT2D eigenvalue weighted by Gasteiger charge is 2.13. The Bertz CT molecular complexity index is 344. The zero-order valence-electron chi connectivity index (χ0n) is 11.5. The molecule has 2 rings (SSSR count). The SMILES string of the molecule is COc1ccc(OCCCO[C@H]2CCCCO2)cc1. The first kappa shape index (κ1) is 14.2. The van der Waals surface area contributed by atoms with Crippen molar-refractivity contribution in [2.75, 3.05) is 26.9 Å². The van der Waals surface area contributed by atoms with Crippen LogP contribution in [0.1, 0.15) is 25.7 Å². The van der Waals surface area contributed by atoms with Gasteiger partial charge in [0.05, 0.1) is 20.3 Å². The van der Waals surface area contributed by atoms with Gasteiger partial charge in [-0.2, -0.15) is 0 Å². The minimum atomic E-state index is -0.00487. The first-order chi connectivity index (χ1) is 9.38. The predicted molar refractivity (Wildman–Crippen MR) is 72.6 cm³/mol. The van der Waals surface area contributed by atoms with Crippen molar-refractivity contribution in [3.8, 4) is 11.5 Å². The Hall–Kier alpha value is -1.26. The third-order valence-corrected chi connectivity index (χ3v) is 3.06. The summed E-state index contributed by atoms with van der Waals surface area (Å²) in [6, 6.07) is 7.59. The molecule has 4 heteroatoms. The van der Waals surface area contributed by atoms with Gasteiger partial charge in [0, 0.05) is 13.0 Å². The lowest BCUT2D eigenvalue weighted by molar-refractivity contribution is -0.163. The smallest absolute Gasteiger partial charge is 0.157 e. The minimum Gasteiger partial charge on any atom is -0.497 e. The molecular formula is C15H22O4. The first-order valence-electron chi connectivity index (χ1n) is 6.88. The molecule has 0 radical (unpaired) electrons. The van der Waals surface area contributed by atoms with Crippen LogP contribution < -0.4 is 9.47 Å². The standard InChI is InChI=1S/C15H22O4/c1-16-13-6-8-14(9-7-13)17-11-4-12-19-15-5-2-3-10-18-15/h6-9,15H,2-5,10-12H2,1H3/t15-/m0/s1. The summed E-state index contributed by atoms with van der Waals surface area (Å²) in [5.74, 6) is 1.69. The maximum absolute atomic E-state index is 5.64. The van der Waals surface area contributed by atoms with Gasteiger partial charge in [-0.05, 0) is 43.5 Å². The predicted octanol–water partition coefficient (Wildman–Crippen LogP) is 3.01. The highest BCUT2D eigenvalue weighted by molar-refractivity contribution is 5.31. The second kappa shape index (κ2) is 8.02. The molecule has 0 saturated carbocycles. The summed E-state index contributed by atoms with van der Waals surface area (Å²) in [4.78, 5) is 0. The monoisotopic (exact) mass is 266 g/mol. The van der Waals surface area contributed by atoms with Crippen LogP contribution in [0.5, 0.6) is 11.5 Å². The summed E-state index contributed by atoms with van der Waals surface area (Å²) in [6.07, 6.45) is 4.23. The minimum absolute atomic E-state index is 0.00487. The van der Waals surface area contributed by atoms with Crippen molar-refractivity contribution >= 4 is 0 Å². The van der Waals surface area contributed by atoms with Gasteiger partial charge in [-0.3, -0.25) is 0 Å². The van der Waals surface area contributed by atoms with Crippen LogP contribution in [0, 0.1) is 0 Å². The van der Waals surface area contributed by atoms with Crippen molar-refractivity contribution in [1.82, 2.24) is 0 Å². The van der Waals surface area contributed by atoms with Gasteiger partial charge >= 0.3 is 0 Å². The molecule has 1 heterocycles. The molecule has 0 spiro atoms. The van der Waals surface area contributed by atoms with E-state index in [1.807, 2.05) is 24.3 Å². The van der Waals surface area contributed by atoms with Crippen molar-refractivity contribution in [2.45, 2.75) is 32.0 Å². The normalized spacial score (nSPS) is 19.1. The number of ether oxygens (including phenoxy) is 4. The fourth-order valence-corrected chi connectivity index (χ4v) is 1.98. The molecule has 1 saturated heterocycles. The molecule has 0 amide bonds. The van der Waals surface area contributed by atoms with E-state index in [1.54, 1.807) is 7.11 Å². The summed E-state index contributed by atoms with van der Waals surface area (Å²) < 4.78 is 21.8. The average molecular weight is 266 g/mol. The van der Waals surface area contributed by atoms with Crippen LogP contribution in [0.25, 0.3) is 0 Å². The third-order valence-electron chi connectivity index (χ3n) is 3.06. The van der Waals surface area contributed by atoms with Gasteiger partial charge in [-0.25, -0.2) is 0 Å². The van der Waals surface area contributed by atoms with Crippen molar-refractivity contribution < 1.29 is 18.9 Å². The Kier molecular flexibility index (Phi) is 5.98. The molecule has 1 atom stereocenters. The number of hydrogen-bond donors (Lipinski definition) is 0. The van der Waals surface area contributed by atoms with Gasteiger partial charge in [0.15, 0.2) is 6.29 Å². The highest BCUT2D eigenvalue weighted by Crippen LogP contribution is 2.17. The summed E-state index contributed by atoms with van der Waals surface area (Å²) >= 11 is 0. The molecule has 19 heavy (non-hydrogen) atoms. The van der Waals surface area contributed by atoms with Crippen molar-refractivity contribution in [2.24, 2.45) is 0 Å². The van der Waals surface area contributed by atoms with E-state index >= 15 is 0 Å². The van der Waals surface area contributed by atoms with E-state index in [2.05, 4.69) is 0 Å². The van der Waals surface area contributed by atoms with Gasteiger partial charge in [-0.15, -0.1) is 0 Å². The Balaban J connectivity index is 1.55. The van der Waals surface area contributed by atoms with Crippen LogP contribution >= 0.6 is 0 Å². The lowest BCUT2D eigenvalue weighted by atomic mass is 10.2. The zero-order chi connectivity index (χ0) is 13.3. The molecular weight excluding hydrogens is 244 g/mol. The summed E-state index contributed by atoms with van der Waals surface area (Å²) in [6.45, 7) is 2.16. The van der Waals surface area contributed by atoms with Gasteiger partial charge < -0.3 is 18.9 Å². The molecule has 0 aliphatic carbocycles. The van der Waals surface area contributed by atoms with Crippen LogP contribution in [0.15, 0.2) is 24.3 Å². The lowest BCUT2D eigenvalue weighted by Gasteiger charge is -2.22. The Morgan fingerprint density at radius 1 is 1.11 bits per heavy atom. The molecule has 1 aliphatic rings. The van der Waals surface area contributed by atoms with Crippen molar-refractivity contribution in [3.05, 3.63) is 24.3 Å². The molecule has 1 aromatic carbocycles. The van der Waals surface area contributed by atoms with Crippen LogP contribution in [0.2, 0.25) is 0 Å². The number of methoxy groups -OCH3 is 1. The maximum Gasteiger partial charge on any atom is 0.157 e. The fraction of sp³-hybridized carbons (Fsp3) is 0.600. The molecule has 1 aliphatic heterocycles. The molecule has 106 valence electrons. The summed E-state index contributed by atoms with van der Waals surface area (Å²) in [7, 11) is 1.65. The van der Waals surface area contributed by atoms with Gasteiger partial charge in [-0.1, -0.05) is 0 Å². The van der Waals surface area contributed by atoms with E-state index in [0.717, 1.165) is 37.4 Å². The quantitative estimate of drug-likeness (QED) is 0.711. The molecule has 4 nitrogen and oxygen atoms in total. The molecule has 0 bridgehead atoms. The topological polar surface area (TPSA) is 36.9 Å². The second-order valence-corrected chi connectivity index (χ2v) is 4.54. The lowest BCUT2D eigenvalue weighted by Crippen LogP contribution is -2.23. The van der Waals surface area contributed by atoms with Crippen LogP contribution in [-0.2, 0) is 9.47 Å². The Morgan fingerprint density at radius 3 is 2.58 bits per heavy atom. The van der Waals surface area contributed by atoms with Crippen LogP contribution in [0.4, 0.5) is 0 Å². The van der Waals surface area contributed by atoms with E-state index in [9.17, 15) is 0 Å². The fourth-order valence-electron chi connectivity index (χ4n) is 1.98. The van der Waals surface area contributed by atoms with E-state index in [4.69, 9.17) is 18.9 Å². The molecule has 1 fully saturated rings. The third kappa shape index (κ3) is 5.09. The van der Waals surface area contributed by atoms with Crippen molar-refractivity contribution in [1.29, 1.82) is 0 Å². The van der Waals surface area contributed by atoms with E-state index in [1.165, 1.54) is 6.42 Å². The zero-order valence-corrected chi connectivity index (χ0v) is 11.5. The summed E-state index contributed by atoms with van der Waals surface area (Å²) in [5, 5.41) is 0. The average Bonchev–Trinajstić information content (AvgIpc) is 2.49. The van der Waals surface area contributed by atoms with Crippen LogP contribution in [-0.4, -0.2) is 33.2 Å². The Labute approximate surface area is 114 Å². The Morgan fingerprint density at radius 2 is 1.89 bits per heavy atom. The number of benzene rings is 1. The second-order valence-electron chi connectivity index (χ2n) is 4.54. The van der Waals surface area contributed by atoms with E-state index in [0.29, 0.717) is 13.2 Å². The molecule has 1 aromatic rings. The van der Waals surface area contributed by atoms with Gasteiger partial charge in [0.25, 0.3) is 0 Å². The highest BCUT2D eigenvalue weighted by atomic mass is 16.7. The van der Waals surface area contributed by atoms with E-state index < -0.39 is 0 Å². The molecule has 0 N–H and O–H groups in total. The van der Waals surface area contributed by atoms with E-state index in [-0.39, 0.29) is 6.29 Å².